The summed E-state index contributed by atoms with van der Waals surface area (Å²) in [6, 6.07) is 0. The minimum Gasteiger partial charge on any atom is -0.308 e. The number of nitrogens with zero attached hydrogens (tertiary/aromatic N) is 4. The number of likely N-dealkylation sites (tertiary alicyclic amines) is 2. The van der Waals surface area contributed by atoms with Crippen LogP contribution in [0.4, 0.5) is 0 Å². The number of fused-ring (bicyclic) bond motifs is 1. The SMILES string of the molecule is CI.CI.CN(C)CCN1C(=O)C2C3C=CC(C2C1=O)C1C2C(=O)N(CCN(C)C)C(=O)C2C31. The van der Waals surface area contributed by atoms with Crippen molar-refractivity contribution in [2.24, 2.45) is 47.3 Å². The van der Waals surface area contributed by atoms with Crippen LogP contribution in [-0.4, -0.2) is 107 Å². The van der Waals surface area contributed by atoms with Gasteiger partial charge in [0.15, 0.2) is 0 Å². The molecule has 0 radical (unpaired) electrons. The van der Waals surface area contributed by atoms with Crippen LogP contribution in [-0.2, 0) is 19.2 Å². The van der Waals surface area contributed by atoms with Gasteiger partial charge >= 0.3 is 0 Å². The van der Waals surface area contributed by atoms with E-state index >= 15 is 0 Å². The summed E-state index contributed by atoms with van der Waals surface area (Å²) in [6.07, 6.45) is 4.12. The molecule has 34 heavy (non-hydrogen) atoms. The van der Waals surface area contributed by atoms with Crippen LogP contribution in [0.2, 0.25) is 0 Å². The lowest BCUT2D eigenvalue weighted by Crippen LogP contribution is -2.63. The van der Waals surface area contributed by atoms with Gasteiger partial charge in [-0.25, -0.2) is 0 Å². The molecule has 8 unspecified atom stereocenters. The summed E-state index contributed by atoms with van der Waals surface area (Å²) in [5, 5.41) is 0. The van der Waals surface area contributed by atoms with Crippen LogP contribution in [0.1, 0.15) is 0 Å². The molecule has 0 spiro atoms. The third-order valence-corrected chi connectivity index (χ3v) is 8.07. The van der Waals surface area contributed by atoms with Crippen LogP contribution in [0.25, 0.3) is 0 Å². The minimum atomic E-state index is -0.365. The number of likely N-dealkylation sites (N-methyl/N-ethyl adjacent to an activating group) is 2. The lowest BCUT2D eigenvalue weighted by molar-refractivity contribution is -0.166. The van der Waals surface area contributed by atoms with Gasteiger partial charge in [-0.05, 0) is 61.7 Å². The van der Waals surface area contributed by atoms with E-state index in [9.17, 15) is 19.2 Å². The third-order valence-electron chi connectivity index (χ3n) is 8.07. The predicted octanol–water partition coefficient (Wildman–Crippen LogP) is 1.48. The first-order valence-electron chi connectivity index (χ1n) is 11.7. The van der Waals surface area contributed by atoms with Gasteiger partial charge in [-0.15, -0.1) is 0 Å². The maximum Gasteiger partial charge on any atom is 0.233 e. The smallest absolute Gasteiger partial charge is 0.233 e. The van der Waals surface area contributed by atoms with E-state index in [0.29, 0.717) is 26.2 Å². The number of rotatable bonds is 6. The Morgan fingerprint density at radius 3 is 1.21 bits per heavy atom. The van der Waals surface area contributed by atoms with Gasteiger partial charge in [-0.2, -0.15) is 0 Å². The molecule has 2 bridgehead atoms. The van der Waals surface area contributed by atoms with Gasteiger partial charge in [0.2, 0.25) is 23.6 Å². The topological polar surface area (TPSA) is 81.2 Å². The van der Waals surface area contributed by atoms with E-state index in [4.69, 9.17) is 0 Å². The molecule has 8 atom stereocenters. The molecule has 2 aliphatic heterocycles. The van der Waals surface area contributed by atoms with Crippen LogP contribution < -0.4 is 0 Å². The van der Waals surface area contributed by atoms with Crippen LogP contribution in [0.5, 0.6) is 0 Å². The summed E-state index contributed by atoms with van der Waals surface area (Å²) in [6.45, 7) is 2.08. The second-order valence-corrected chi connectivity index (χ2v) is 10.1. The van der Waals surface area contributed by atoms with Crippen LogP contribution >= 0.6 is 45.2 Å². The maximum atomic E-state index is 13.2. The molecule has 0 N–H and O–H groups in total. The number of alkyl halides is 2. The number of allylic oxidation sites excluding steroid dienone is 2. The van der Waals surface area contributed by atoms with Gasteiger partial charge in [0.25, 0.3) is 0 Å². The molecule has 8 nitrogen and oxygen atoms in total. The molecule has 0 aromatic rings. The largest absolute Gasteiger partial charge is 0.308 e. The van der Waals surface area contributed by atoms with Crippen molar-refractivity contribution in [3.8, 4) is 0 Å². The number of halogens is 2. The van der Waals surface area contributed by atoms with Crippen molar-refractivity contribution >= 4 is 68.8 Å². The van der Waals surface area contributed by atoms with Gasteiger partial charge in [0.1, 0.15) is 0 Å². The van der Waals surface area contributed by atoms with Crippen molar-refractivity contribution in [2.45, 2.75) is 0 Å². The van der Waals surface area contributed by atoms with Crippen molar-refractivity contribution in [2.75, 3.05) is 64.2 Å². The quantitative estimate of drug-likeness (QED) is 0.181. The number of carbonyl (C=O) groups excluding carboxylic acids is 4. The second kappa shape index (κ2) is 11.2. The Morgan fingerprint density at radius 1 is 0.618 bits per heavy atom. The van der Waals surface area contributed by atoms with Gasteiger partial charge in [-0.3, -0.25) is 29.0 Å². The fourth-order valence-corrected chi connectivity index (χ4v) is 6.77. The first kappa shape index (κ1) is 28.0. The first-order chi connectivity index (χ1) is 16.2. The molecule has 2 saturated carbocycles. The van der Waals surface area contributed by atoms with Gasteiger partial charge in [-0.1, -0.05) is 57.3 Å². The highest BCUT2D eigenvalue weighted by Crippen LogP contribution is 2.68. The van der Waals surface area contributed by atoms with E-state index in [1.807, 2.05) is 47.9 Å². The highest BCUT2D eigenvalue weighted by atomic mass is 127. The standard InChI is InChI=1S/C22H30N4O4.2CH3I/c1-23(2)7-9-25-19(27)15-11-5-6-12(16(15)20(25)28)14-13(11)17-18(14)22(30)26(21(17)29)10-8-24(3)4;2*1-2/h5-6,11-18H,7-10H2,1-4H3;2*1H3. The molecule has 6 rings (SSSR count). The number of hydrogen-bond acceptors (Lipinski definition) is 6. The van der Waals surface area contributed by atoms with Crippen molar-refractivity contribution in [3.05, 3.63) is 12.2 Å². The number of carbonyl (C=O) groups is 4. The fraction of sp³-hybridized carbons (Fsp3) is 0.750. The molecule has 4 aliphatic carbocycles. The summed E-state index contributed by atoms with van der Waals surface area (Å²) in [4.78, 5) is 63.3. The van der Waals surface area contributed by atoms with Gasteiger partial charge in [0, 0.05) is 26.2 Å². The highest BCUT2D eigenvalue weighted by molar-refractivity contribution is 14.1. The maximum absolute atomic E-state index is 13.2. The van der Waals surface area contributed by atoms with Crippen molar-refractivity contribution in [1.29, 1.82) is 0 Å². The normalized spacial score (nSPS) is 36.6. The molecule has 2 heterocycles. The predicted molar refractivity (Wildman–Crippen MR) is 147 cm³/mol. The van der Waals surface area contributed by atoms with Crippen molar-refractivity contribution < 1.29 is 19.2 Å². The zero-order valence-corrected chi connectivity index (χ0v) is 25.1. The molecule has 6 aliphatic rings. The molecule has 4 fully saturated rings. The molecule has 0 aromatic heterocycles. The fourth-order valence-electron chi connectivity index (χ4n) is 6.77. The average molecular weight is 698 g/mol. The monoisotopic (exact) mass is 698 g/mol. The van der Waals surface area contributed by atoms with E-state index < -0.39 is 0 Å². The second-order valence-electron chi connectivity index (χ2n) is 10.1. The molecule has 10 heteroatoms. The van der Waals surface area contributed by atoms with Crippen LogP contribution in [0.15, 0.2) is 12.2 Å². The number of imide groups is 2. The summed E-state index contributed by atoms with van der Waals surface area (Å²) < 4.78 is 0. The van der Waals surface area contributed by atoms with Crippen molar-refractivity contribution in [3.63, 3.8) is 0 Å². The number of hydrogen-bond donors (Lipinski definition) is 0. The Balaban J connectivity index is 0.000000771. The van der Waals surface area contributed by atoms with E-state index in [2.05, 4.69) is 57.3 Å². The van der Waals surface area contributed by atoms with Crippen LogP contribution in [0.3, 0.4) is 0 Å². The molecular weight excluding hydrogens is 662 g/mol. The lowest BCUT2D eigenvalue weighted by atomic mass is 9.40. The Labute approximate surface area is 230 Å². The third kappa shape index (κ3) is 4.27. The van der Waals surface area contributed by atoms with Crippen molar-refractivity contribution in [1.82, 2.24) is 19.6 Å². The summed E-state index contributed by atoms with van der Waals surface area (Å²) in [7, 11) is 7.68. The Kier molecular flexibility index (Phi) is 9.22. The zero-order valence-electron chi connectivity index (χ0n) is 20.8. The molecular formula is C24H36I2N4O4. The van der Waals surface area contributed by atoms with E-state index in [-0.39, 0.29) is 71.0 Å². The molecule has 190 valence electrons. The summed E-state index contributed by atoms with van der Waals surface area (Å²) in [5.74, 6) is -1.90. The average Bonchev–Trinajstić information content (AvgIpc) is 3.17. The Hall–Kier alpha value is -0.600. The molecule has 0 aromatic carbocycles. The summed E-state index contributed by atoms with van der Waals surface area (Å²) in [5.41, 5.74) is 0. The Morgan fingerprint density at radius 2 is 0.912 bits per heavy atom. The Bertz CT molecular complexity index is 808. The summed E-state index contributed by atoms with van der Waals surface area (Å²) >= 11 is 4.30. The van der Waals surface area contributed by atoms with E-state index in [0.717, 1.165) is 0 Å². The van der Waals surface area contributed by atoms with Crippen LogP contribution in [0, 0.1) is 47.3 Å². The van der Waals surface area contributed by atoms with Gasteiger partial charge < -0.3 is 9.80 Å². The zero-order chi connectivity index (χ0) is 25.5. The van der Waals surface area contributed by atoms with E-state index in [1.54, 1.807) is 0 Å². The molecule has 2 saturated heterocycles. The highest BCUT2D eigenvalue weighted by Gasteiger charge is 2.74. The lowest BCUT2D eigenvalue weighted by Gasteiger charge is -2.60. The van der Waals surface area contributed by atoms with E-state index in [1.165, 1.54) is 9.80 Å². The number of amides is 4. The molecule has 4 amide bonds. The van der Waals surface area contributed by atoms with Gasteiger partial charge in [0.05, 0.1) is 23.7 Å². The first-order valence-corrected chi connectivity index (χ1v) is 16.0. The minimum absolute atomic E-state index is 0.0117.